The fourth-order valence-corrected chi connectivity index (χ4v) is 3.92. The second-order valence-corrected chi connectivity index (χ2v) is 7.22. The van der Waals surface area contributed by atoms with Gasteiger partial charge >= 0.3 is 0 Å². The van der Waals surface area contributed by atoms with Crippen LogP contribution < -0.4 is 0 Å². The lowest BCUT2D eigenvalue weighted by Crippen LogP contribution is -2.39. The lowest BCUT2D eigenvalue weighted by atomic mass is 10.0. The number of hydrogen-bond acceptors (Lipinski definition) is 4. The zero-order valence-electron chi connectivity index (χ0n) is 15.4. The van der Waals surface area contributed by atoms with Gasteiger partial charge in [-0.2, -0.15) is 0 Å². The van der Waals surface area contributed by atoms with E-state index in [1.807, 2.05) is 16.5 Å². The van der Waals surface area contributed by atoms with Crippen molar-refractivity contribution in [2.24, 2.45) is 7.05 Å². The molecule has 1 amide bonds. The zero-order valence-corrected chi connectivity index (χ0v) is 15.4. The first-order valence-corrected chi connectivity index (χ1v) is 9.33. The minimum Gasteiger partial charge on any atom is -0.340 e. The number of halogens is 1. The Hall–Kier alpha value is -3.29. The Morgan fingerprint density at radius 2 is 2.11 bits per heavy atom. The van der Waals surface area contributed by atoms with Crippen molar-refractivity contribution < 1.29 is 9.18 Å². The quantitative estimate of drug-likeness (QED) is 0.580. The average molecular weight is 378 g/mol. The molecule has 1 atom stereocenters. The number of aromatic nitrogens is 5. The van der Waals surface area contributed by atoms with Gasteiger partial charge in [-0.15, -0.1) is 0 Å². The van der Waals surface area contributed by atoms with E-state index in [0.717, 1.165) is 24.9 Å². The number of fused-ring (bicyclic) bond motifs is 2. The van der Waals surface area contributed by atoms with E-state index in [0.29, 0.717) is 34.5 Å². The fourth-order valence-electron chi connectivity index (χ4n) is 3.92. The second kappa shape index (κ2) is 6.40. The van der Waals surface area contributed by atoms with Crippen LogP contribution in [0.3, 0.4) is 0 Å². The van der Waals surface area contributed by atoms with Crippen molar-refractivity contribution in [2.75, 3.05) is 6.54 Å². The summed E-state index contributed by atoms with van der Waals surface area (Å²) >= 11 is 0. The minimum absolute atomic E-state index is 0.0867. The van der Waals surface area contributed by atoms with E-state index in [9.17, 15) is 9.18 Å². The maximum Gasteiger partial charge on any atom is 0.256 e. The third kappa shape index (κ3) is 2.72. The van der Waals surface area contributed by atoms with Gasteiger partial charge in [0.05, 0.1) is 29.0 Å². The molecule has 7 nitrogen and oxygen atoms in total. The van der Waals surface area contributed by atoms with E-state index in [4.69, 9.17) is 0 Å². The van der Waals surface area contributed by atoms with Gasteiger partial charge in [-0.05, 0) is 43.5 Å². The summed E-state index contributed by atoms with van der Waals surface area (Å²) in [7, 11) is 1.87. The maximum atomic E-state index is 13.5. The first-order valence-electron chi connectivity index (χ1n) is 9.33. The van der Waals surface area contributed by atoms with Crippen LogP contribution in [0.25, 0.3) is 22.2 Å². The molecule has 1 aromatic carbocycles. The molecule has 1 N–H and O–H groups in total. The van der Waals surface area contributed by atoms with Gasteiger partial charge < -0.3 is 14.5 Å². The monoisotopic (exact) mass is 378 g/mol. The largest absolute Gasteiger partial charge is 0.340 e. The molecular weight excluding hydrogens is 359 g/mol. The van der Waals surface area contributed by atoms with Crippen LogP contribution in [0.1, 0.15) is 41.5 Å². The molecule has 0 spiro atoms. The van der Waals surface area contributed by atoms with Crippen LogP contribution in [-0.2, 0) is 7.05 Å². The highest BCUT2D eigenvalue weighted by Crippen LogP contribution is 2.32. The number of pyridine rings is 1. The summed E-state index contributed by atoms with van der Waals surface area (Å²) in [5, 5.41) is 0. The lowest BCUT2D eigenvalue weighted by Gasteiger charge is -2.34. The van der Waals surface area contributed by atoms with Crippen LogP contribution in [0, 0.1) is 5.82 Å². The van der Waals surface area contributed by atoms with Crippen molar-refractivity contribution in [2.45, 2.75) is 25.3 Å². The Bertz CT molecular complexity index is 1200. The summed E-state index contributed by atoms with van der Waals surface area (Å²) in [6.07, 6.45) is 6.05. The van der Waals surface area contributed by atoms with Gasteiger partial charge in [-0.1, -0.05) is 0 Å². The van der Waals surface area contributed by atoms with Crippen LogP contribution >= 0.6 is 0 Å². The molecule has 5 rings (SSSR count). The van der Waals surface area contributed by atoms with Crippen LogP contribution in [-0.4, -0.2) is 41.9 Å². The summed E-state index contributed by atoms with van der Waals surface area (Å²) in [5.74, 6) is 0.297. The van der Waals surface area contributed by atoms with Crippen LogP contribution in [0.4, 0.5) is 4.39 Å². The Morgan fingerprint density at radius 3 is 3.00 bits per heavy atom. The number of aromatic amines is 1. The summed E-state index contributed by atoms with van der Waals surface area (Å²) in [5.41, 5.74) is 3.29. The number of rotatable bonds is 2. The molecule has 1 unspecified atom stereocenters. The fraction of sp³-hybridized carbons (Fsp3) is 0.300. The van der Waals surface area contributed by atoms with Crippen LogP contribution in [0.2, 0.25) is 0 Å². The molecule has 28 heavy (non-hydrogen) atoms. The van der Waals surface area contributed by atoms with Gasteiger partial charge in [-0.25, -0.2) is 19.3 Å². The van der Waals surface area contributed by atoms with E-state index < -0.39 is 0 Å². The van der Waals surface area contributed by atoms with E-state index in [1.54, 1.807) is 24.7 Å². The first kappa shape index (κ1) is 16.9. The van der Waals surface area contributed by atoms with Gasteiger partial charge in [0.15, 0.2) is 5.65 Å². The summed E-state index contributed by atoms with van der Waals surface area (Å²) in [6.45, 7) is 0.648. The van der Waals surface area contributed by atoms with Crippen LogP contribution in [0.15, 0.2) is 36.8 Å². The lowest BCUT2D eigenvalue weighted by molar-refractivity contribution is 0.0601. The molecule has 0 bridgehead atoms. The van der Waals surface area contributed by atoms with Crippen molar-refractivity contribution in [1.29, 1.82) is 0 Å². The van der Waals surface area contributed by atoms with E-state index in [-0.39, 0.29) is 17.8 Å². The van der Waals surface area contributed by atoms with Crippen molar-refractivity contribution >= 4 is 28.1 Å². The van der Waals surface area contributed by atoms with Gasteiger partial charge in [0.1, 0.15) is 17.2 Å². The molecular formula is C20H19FN6O. The predicted octanol–water partition coefficient (Wildman–Crippen LogP) is 3.35. The zero-order chi connectivity index (χ0) is 19.3. The third-order valence-corrected chi connectivity index (χ3v) is 5.34. The number of imidazole rings is 2. The number of aryl methyl sites for hydroxylation is 1. The highest BCUT2D eigenvalue weighted by atomic mass is 19.1. The highest BCUT2D eigenvalue weighted by Gasteiger charge is 2.31. The third-order valence-electron chi connectivity index (χ3n) is 5.34. The van der Waals surface area contributed by atoms with E-state index >= 15 is 0 Å². The number of amides is 1. The Labute approximate surface area is 160 Å². The van der Waals surface area contributed by atoms with E-state index in [2.05, 4.69) is 19.9 Å². The first-order chi connectivity index (χ1) is 13.6. The number of benzene rings is 1. The van der Waals surface area contributed by atoms with Crippen molar-refractivity contribution in [1.82, 2.24) is 29.4 Å². The topological polar surface area (TPSA) is 79.7 Å². The smallest absolute Gasteiger partial charge is 0.256 e. The number of piperidine rings is 1. The molecule has 3 aromatic heterocycles. The van der Waals surface area contributed by atoms with Gasteiger partial charge in [0.2, 0.25) is 0 Å². The molecule has 0 radical (unpaired) electrons. The number of hydrogen-bond donors (Lipinski definition) is 1. The number of carbonyl (C=O) groups excluding carboxylic acids is 1. The average Bonchev–Trinajstić information content (AvgIpc) is 3.30. The van der Waals surface area contributed by atoms with Gasteiger partial charge in [0, 0.05) is 19.8 Å². The number of H-pyrrole nitrogens is 1. The molecule has 1 aliphatic rings. The van der Waals surface area contributed by atoms with Crippen molar-refractivity contribution in [3.05, 3.63) is 54.0 Å². The standard InChI is InChI=1S/C20H19FN6O/c1-26-11-23-16-8-12(10-22-19(16)26)20(28)27-7-3-2-4-17(27)18-24-14-6-5-13(21)9-15(14)25-18/h5-6,8-11,17H,2-4,7H2,1H3,(H,24,25). The van der Waals surface area contributed by atoms with Gasteiger partial charge in [0.25, 0.3) is 5.91 Å². The number of nitrogens with zero attached hydrogens (tertiary/aromatic N) is 5. The van der Waals surface area contributed by atoms with Crippen molar-refractivity contribution in [3.63, 3.8) is 0 Å². The number of carbonyl (C=O) groups is 1. The molecule has 142 valence electrons. The molecule has 1 fully saturated rings. The Morgan fingerprint density at radius 1 is 1.21 bits per heavy atom. The normalized spacial score (nSPS) is 17.5. The molecule has 1 saturated heterocycles. The molecule has 0 aliphatic carbocycles. The second-order valence-electron chi connectivity index (χ2n) is 7.22. The molecule has 0 saturated carbocycles. The summed E-state index contributed by atoms with van der Waals surface area (Å²) in [6, 6.07) is 6.09. The predicted molar refractivity (Wildman–Crippen MR) is 102 cm³/mol. The summed E-state index contributed by atoms with van der Waals surface area (Å²) in [4.78, 5) is 31.6. The maximum absolute atomic E-state index is 13.5. The Balaban J connectivity index is 1.50. The highest BCUT2D eigenvalue weighted by molar-refractivity contribution is 5.96. The van der Waals surface area contributed by atoms with Crippen LogP contribution in [0.5, 0.6) is 0 Å². The van der Waals surface area contributed by atoms with Crippen molar-refractivity contribution in [3.8, 4) is 0 Å². The molecule has 8 heteroatoms. The Kier molecular flexibility index (Phi) is 3.85. The SMILES string of the molecule is Cn1cnc2cc(C(=O)N3CCCCC3c3nc4ccc(F)cc4[nH]3)cnc21. The number of nitrogens with one attached hydrogen (secondary N) is 1. The summed E-state index contributed by atoms with van der Waals surface area (Å²) < 4.78 is 15.3. The number of likely N-dealkylation sites (tertiary alicyclic amines) is 1. The molecule has 1 aliphatic heterocycles. The molecule has 4 heterocycles. The minimum atomic E-state index is -0.311. The van der Waals surface area contributed by atoms with Gasteiger partial charge in [-0.3, -0.25) is 4.79 Å². The van der Waals surface area contributed by atoms with E-state index in [1.165, 1.54) is 12.1 Å². The molecule has 4 aromatic rings.